The molecule has 1 heterocycles. The van der Waals surface area contributed by atoms with Gasteiger partial charge in [-0.25, -0.2) is 0 Å². The van der Waals surface area contributed by atoms with E-state index in [-0.39, 0.29) is 23.5 Å². The summed E-state index contributed by atoms with van der Waals surface area (Å²) in [6.07, 6.45) is 0. The van der Waals surface area contributed by atoms with Gasteiger partial charge in [-0.2, -0.15) is 5.10 Å². The Morgan fingerprint density at radius 2 is 1.96 bits per heavy atom. The molecular formula is C17H19BrClN5O3. The number of benzene rings is 1. The molecule has 2 aromatic rings. The quantitative estimate of drug-likeness (QED) is 0.621. The number of carbonyl (C=O) groups excluding carboxylic acids is 3. The molecule has 144 valence electrons. The Morgan fingerprint density at radius 3 is 2.59 bits per heavy atom. The van der Waals surface area contributed by atoms with E-state index in [1.165, 1.54) is 11.8 Å². The first kappa shape index (κ1) is 20.9. The van der Waals surface area contributed by atoms with Crippen LogP contribution in [0.1, 0.15) is 34.7 Å². The minimum Gasteiger partial charge on any atom is -0.346 e. The van der Waals surface area contributed by atoms with Crippen molar-refractivity contribution in [3.63, 3.8) is 0 Å². The fourth-order valence-corrected chi connectivity index (χ4v) is 2.94. The number of halogens is 2. The zero-order valence-electron chi connectivity index (χ0n) is 15.0. The largest absolute Gasteiger partial charge is 0.346 e. The van der Waals surface area contributed by atoms with Crippen LogP contribution in [0.15, 0.2) is 28.7 Å². The molecule has 0 aliphatic carbocycles. The van der Waals surface area contributed by atoms with E-state index in [1.54, 1.807) is 38.2 Å². The van der Waals surface area contributed by atoms with Gasteiger partial charge in [0.25, 0.3) is 11.8 Å². The second-order valence-corrected chi connectivity index (χ2v) is 7.17. The van der Waals surface area contributed by atoms with Crippen LogP contribution < -0.4 is 10.6 Å². The van der Waals surface area contributed by atoms with Crippen molar-refractivity contribution in [2.45, 2.75) is 19.9 Å². The lowest BCUT2D eigenvalue weighted by atomic mass is 10.2. The summed E-state index contributed by atoms with van der Waals surface area (Å²) in [5.41, 5.74) is 0.384. The maximum absolute atomic E-state index is 12.4. The van der Waals surface area contributed by atoms with E-state index in [2.05, 4.69) is 36.8 Å². The minimum atomic E-state index is -0.444. The molecule has 2 rings (SSSR count). The first-order valence-electron chi connectivity index (χ1n) is 8.03. The van der Waals surface area contributed by atoms with Gasteiger partial charge >= 0.3 is 0 Å². The van der Waals surface area contributed by atoms with Gasteiger partial charge in [0.05, 0.1) is 15.1 Å². The SMILES string of the molecule is CC(=O)N(C)C[C@@H](C)NC(=O)c1n[nH]c(NC(=O)c2ccccc2Cl)c1Br. The second kappa shape index (κ2) is 9.01. The highest BCUT2D eigenvalue weighted by molar-refractivity contribution is 9.10. The van der Waals surface area contributed by atoms with E-state index < -0.39 is 11.8 Å². The fraction of sp³-hybridized carbons (Fsp3) is 0.294. The average molecular weight is 457 g/mol. The summed E-state index contributed by atoms with van der Waals surface area (Å²) in [5.74, 6) is -0.741. The Morgan fingerprint density at radius 1 is 1.30 bits per heavy atom. The number of anilines is 1. The number of rotatable bonds is 6. The molecule has 8 nitrogen and oxygen atoms in total. The van der Waals surface area contributed by atoms with Crippen LogP contribution in [-0.4, -0.2) is 52.5 Å². The molecule has 3 amide bonds. The van der Waals surface area contributed by atoms with E-state index in [0.29, 0.717) is 21.6 Å². The van der Waals surface area contributed by atoms with E-state index >= 15 is 0 Å². The third-order valence-corrected chi connectivity index (χ3v) is 4.84. The minimum absolute atomic E-state index is 0.0850. The van der Waals surface area contributed by atoms with Crippen molar-refractivity contribution in [3.05, 3.63) is 45.0 Å². The van der Waals surface area contributed by atoms with Gasteiger partial charge in [-0.1, -0.05) is 23.7 Å². The highest BCUT2D eigenvalue weighted by atomic mass is 79.9. The van der Waals surface area contributed by atoms with Gasteiger partial charge < -0.3 is 15.5 Å². The number of nitrogens with one attached hydrogen (secondary N) is 3. The highest BCUT2D eigenvalue weighted by Gasteiger charge is 2.22. The van der Waals surface area contributed by atoms with Crippen LogP contribution in [0, 0.1) is 0 Å². The molecule has 0 aliphatic rings. The molecule has 0 aliphatic heterocycles. The maximum Gasteiger partial charge on any atom is 0.273 e. The summed E-state index contributed by atoms with van der Waals surface area (Å²) in [5, 5.41) is 12.2. The van der Waals surface area contributed by atoms with E-state index in [1.807, 2.05) is 0 Å². The number of likely N-dealkylation sites (N-methyl/N-ethyl adjacent to an activating group) is 1. The Kier molecular flexibility index (Phi) is 6.98. The Bertz CT molecular complexity index is 870. The number of aromatic amines is 1. The van der Waals surface area contributed by atoms with Crippen molar-refractivity contribution in [3.8, 4) is 0 Å². The zero-order chi connectivity index (χ0) is 20.1. The lowest BCUT2D eigenvalue weighted by molar-refractivity contribution is -0.127. The number of H-pyrrole nitrogens is 1. The number of amides is 3. The monoisotopic (exact) mass is 455 g/mol. The van der Waals surface area contributed by atoms with Gasteiger partial charge in [0.2, 0.25) is 5.91 Å². The maximum atomic E-state index is 12.4. The molecule has 0 radical (unpaired) electrons. The van der Waals surface area contributed by atoms with E-state index in [4.69, 9.17) is 11.6 Å². The highest BCUT2D eigenvalue weighted by Crippen LogP contribution is 2.25. The first-order valence-corrected chi connectivity index (χ1v) is 9.20. The van der Waals surface area contributed by atoms with Crippen molar-refractivity contribution >= 4 is 51.1 Å². The summed E-state index contributed by atoms with van der Waals surface area (Å²) in [4.78, 5) is 37.5. The molecule has 0 saturated heterocycles. The molecule has 1 aromatic carbocycles. The topological polar surface area (TPSA) is 107 Å². The standard InChI is InChI=1S/C17H19BrClN5O3/c1-9(8-24(3)10(2)25)20-17(27)14-13(18)15(23-22-14)21-16(26)11-6-4-5-7-12(11)19/h4-7,9H,8H2,1-3H3,(H,20,27)(H2,21,22,23,26)/t9-/m1/s1. The van der Waals surface area contributed by atoms with Crippen molar-refractivity contribution in [1.82, 2.24) is 20.4 Å². The zero-order valence-corrected chi connectivity index (χ0v) is 17.3. The van der Waals surface area contributed by atoms with Crippen LogP contribution in [-0.2, 0) is 4.79 Å². The van der Waals surface area contributed by atoms with Gasteiger partial charge in [-0.15, -0.1) is 0 Å². The third kappa shape index (κ3) is 5.30. The Labute approximate surface area is 169 Å². The molecule has 0 spiro atoms. The van der Waals surface area contributed by atoms with Crippen LogP contribution in [0.3, 0.4) is 0 Å². The molecule has 3 N–H and O–H groups in total. The molecule has 27 heavy (non-hydrogen) atoms. The molecule has 0 bridgehead atoms. The van der Waals surface area contributed by atoms with Gasteiger partial charge in [0, 0.05) is 26.6 Å². The number of aromatic nitrogens is 2. The molecule has 10 heteroatoms. The van der Waals surface area contributed by atoms with Crippen LogP contribution in [0.4, 0.5) is 5.82 Å². The summed E-state index contributed by atoms with van der Waals surface area (Å²) in [7, 11) is 1.65. The Balaban J connectivity index is 2.06. The van der Waals surface area contributed by atoms with Gasteiger partial charge in [-0.05, 0) is 35.0 Å². The lowest BCUT2D eigenvalue weighted by Gasteiger charge is -2.20. The lowest BCUT2D eigenvalue weighted by Crippen LogP contribution is -2.42. The van der Waals surface area contributed by atoms with Crippen molar-refractivity contribution in [1.29, 1.82) is 0 Å². The average Bonchev–Trinajstić information content (AvgIpc) is 2.95. The predicted octanol–water partition coefficient (Wildman–Crippen LogP) is 2.67. The summed E-state index contributed by atoms with van der Waals surface area (Å²) in [6, 6.07) is 6.33. The molecule has 1 aromatic heterocycles. The van der Waals surface area contributed by atoms with Crippen molar-refractivity contribution in [2.75, 3.05) is 18.9 Å². The summed E-state index contributed by atoms with van der Waals surface area (Å²) in [6.45, 7) is 3.59. The normalized spacial score (nSPS) is 11.6. The number of carbonyl (C=O) groups is 3. The second-order valence-electron chi connectivity index (χ2n) is 5.97. The molecule has 0 fully saturated rings. The van der Waals surface area contributed by atoms with Crippen LogP contribution >= 0.6 is 27.5 Å². The number of hydrogen-bond acceptors (Lipinski definition) is 4. The van der Waals surface area contributed by atoms with Crippen LogP contribution in [0.5, 0.6) is 0 Å². The third-order valence-electron chi connectivity index (χ3n) is 3.74. The van der Waals surface area contributed by atoms with Gasteiger partial charge in [0.1, 0.15) is 5.82 Å². The van der Waals surface area contributed by atoms with Crippen molar-refractivity contribution < 1.29 is 14.4 Å². The fourth-order valence-electron chi connectivity index (χ4n) is 2.26. The van der Waals surface area contributed by atoms with Gasteiger partial charge in [0.15, 0.2) is 5.69 Å². The molecule has 1 atom stereocenters. The summed E-state index contributed by atoms with van der Waals surface area (Å²) < 4.78 is 0.313. The number of nitrogens with zero attached hydrogens (tertiary/aromatic N) is 2. The molecule has 0 saturated carbocycles. The van der Waals surface area contributed by atoms with Gasteiger partial charge in [-0.3, -0.25) is 19.5 Å². The van der Waals surface area contributed by atoms with Crippen LogP contribution in [0.25, 0.3) is 0 Å². The summed E-state index contributed by atoms with van der Waals surface area (Å²) >= 11 is 9.28. The first-order chi connectivity index (χ1) is 12.7. The Hall–Kier alpha value is -2.39. The predicted molar refractivity (Wildman–Crippen MR) is 106 cm³/mol. The van der Waals surface area contributed by atoms with Crippen molar-refractivity contribution in [2.24, 2.45) is 0 Å². The molecule has 0 unspecified atom stereocenters. The number of hydrogen-bond donors (Lipinski definition) is 3. The van der Waals surface area contributed by atoms with Crippen LogP contribution in [0.2, 0.25) is 5.02 Å². The van der Waals surface area contributed by atoms with E-state index in [0.717, 1.165) is 0 Å². The smallest absolute Gasteiger partial charge is 0.273 e. The molecular weight excluding hydrogens is 438 g/mol. The van der Waals surface area contributed by atoms with E-state index in [9.17, 15) is 14.4 Å².